The van der Waals surface area contributed by atoms with Crippen LogP contribution >= 0.6 is 0 Å². The zero-order valence-electron chi connectivity index (χ0n) is 6.64. The molecule has 0 aromatic rings. The summed E-state index contributed by atoms with van der Waals surface area (Å²) >= 11 is 0. The molecule has 1 aliphatic carbocycles. The molecule has 0 N–H and O–H groups in total. The second kappa shape index (κ2) is 2.47. The Balaban J connectivity index is 2.31. The van der Waals surface area contributed by atoms with Gasteiger partial charge in [0.1, 0.15) is 0 Å². The molecule has 0 bridgehead atoms. The van der Waals surface area contributed by atoms with Gasteiger partial charge in [-0.1, -0.05) is 12.2 Å². The summed E-state index contributed by atoms with van der Waals surface area (Å²) in [5.74, 6) is -2.74. The van der Waals surface area contributed by atoms with E-state index in [0.29, 0.717) is 0 Å². The highest BCUT2D eigenvalue weighted by Gasteiger charge is 2.66. The molecule has 0 aromatic carbocycles. The molecule has 74 valence electrons. The molecule has 13 heavy (non-hydrogen) atoms. The van der Waals surface area contributed by atoms with Crippen molar-refractivity contribution < 1.29 is 22.3 Å². The summed E-state index contributed by atoms with van der Waals surface area (Å²) in [6, 6.07) is 0. The summed E-state index contributed by atoms with van der Waals surface area (Å²) in [6.45, 7) is 0. The third kappa shape index (κ3) is 1.25. The van der Waals surface area contributed by atoms with Crippen molar-refractivity contribution in [3.05, 3.63) is 12.2 Å². The van der Waals surface area contributed by atoms with Crippen molar-refractivity contribution in [2.24, 2.45) is 11.8 Å². The molecule has 1 saturated heterocycles. The Labute approximate surface area is 72.4 Å². The van der Waals surface area contributed by atoms with Crippen LogP contribution < -0.4 is 0 Å². The van der Waals surface area contributed by atoms with Crippen molar-refractivity contribution in [3.63, 3.8) is 0 Å². The number of hydrogen-bond acceptors (Lipinski definition) is 1. The van der Waals surface area contributed by atoms with Crippen LogP contribution in [0.15, 0.2) is 12.2 Å². The average Bonchev–Trinajstić information content (AvgIpc) is 2.20. The minimum atomic E-state index is -3.68. The summed E-state index contributed by atoms with van der Waals surface area (Å²) < 4.78 is 54.8. The van der Waals surface area contributed by atoms with Gasteiger partial charge < -0.3 is 0 Å². The molecule has 0 saturated carbocycles. The van der Waals surface area contributed by atoms with E-state index in [-0.39, 0.29) is 12.8 Å². The fourth-order valence-corrected chi connectivity index (χ4v) is 1.89. The standard InChI is InChI=1S/C8H8F4O/c9-7(10)5-3-1-2-4-6(5)8(11,12)13-7/h1-2,5-6H,3-4H2. The SMILES string of the molecule is FC1(F)OC(F)(F)C2CC=CCC21. The van der Waals surface area contributed by atoms with Crippen LogP contribution in [0.1, 0.15) is 12.8 Å². The van der Waals surface area contributed by atoms with Crippen LogP contribution in [-0.2, 0) is 4.74 Å². The smallest absolute Gasteiger partial charge is 0.255 e. The van der Waals surface area contributed by atoms with E-state index in [1.807, 2.05) is 0 Å². The molecule has 2 rings (SSSR count). The van der Waals surface area contributed by atoms with E-state index in [2.05, 4.69) is 4.74 Å². The summed E-state index contributed by atoms with van der Waals surface area (Å²) in [4.78, 5) is 0. The minimum absolute atomic E-state index is 0.0345. The predicted molar refractivity (Wildman–Crippen MR) is 36.3 cm³/mol. The lowest BCUT2D eigenvalue weighted by atomic mass is 9.83. The second-order valence-electron chi connectivity index (χ2n) is 3.38. The lowest BCUT2D eigenvalue weighted by Crippen LogP contribution is -2.28. The first kappa shape index (κ1) is 8.99. The highest BCUT2D eigenvalue weighted by atomic mass is 19.3. The first-order valence-corrected chi connectivity index (χ1v) is 4.04. The molecule has 0 amide bonds. The molecule has 2 unspecified atom stereocenters. The Morgan fingerprint density at radius 3 is 1.69 bits per heavy atom. The zero-order valence-corrected chi connectivity index (χ0v) is 6.64. The van der Waals surface area contributed by atoms with E-state index in [9.17, 15) is 17.6 Å². The Kier molecular flexibility index (Phi) is 1.71. The first-order chi connectivity index (χ1) is 5.93. The summed E-state index contributed by atoms with van der Waals surface area (Å²) in [7, 11) is 0. The van der Waals surface area contributed by atoms with Crippen molar-refractivity contribution in [1.82, 2.24) is 0 Å². The predicted octanol–water partition coefficient (Wildman–Crippen LogP) is 2.78. The Morgan fingerprint density at radius 2 is 1.31 bits per heavy atom. The van der Waals surface area contributed by atoms with Crippen molar-refractivity contribution in [3.8, 4) is 0 Å². The van der Waals surface area contributed by atoms with Crippen LogP contribution in [0, 0.1) is 11.8 Å². The summed E-state index contributed by atoms with van der Waals surface area (Å²) in [6.07, 6.45) is -4.43. The van der Waals surface area contributed by atoms with Crippen LogP contribution in [-0.4, -0.2) is 12.2 Å². The fraction of sp³-hybridized carbons (Fsp3) is 0.750. The number of halogens is 4. The Bertz CT molecular complexity index is 225. The summed E-state index contributed by atoms with van der Waals surface area (Å²) in [5.41, 5.74) is 0. The van der Waals surface area contributed by atoms with Crippen molar-refractivity contribution in [2.75, 3.05) is 0 Å². The van der Waals surface area contributed by atoms with Gasteiger partial charge in [-0.2, -0.15) is 17.6 Å². The minimum Gasteiger partial charge on any atom is -0.255 e. The van der Waals surface area contributed by atoms with Crippen molar-refractivity contribution in [1.29, 1.82) is 0 Å². The van der Waals surface area contributed by atoms with E-state index in [1.165, 1.54) is 12.2 Å². The van der Waals surface area contributed by atoms with Crippen LogP contribution in [0.4, 0.5) is 17.6 Å². The van der Waals surface area contributed by atoms with Gasteiger partial charge in [0.15, 0.2) is 0 Å². The molecule has 2 aliphatic rings. The van der Waals surface area contributed by atoms with Gasteiger partial charge in [-0.15, -0.1) is 0 Å². The highest BCUT2D eigenvalue weighted by Crippen LogP contribution is 2.54. The van der Waals surface area contributed by atoms with Crippen molar-refractivity contribution in [2.45, 2.75) is 25.1 Å². The normalized spacial score (nSPS) is 40.3. The van der Waals surface area contributed by atoms with Crippen LogP contribution in [0.5, 0.6) is 0 Å². The van der Waals surface area contributed by atoms with Crippen LogP contribution in [0.3, 0.4) is 0 Å². The Hall–Kier alpha value is -0.580. The molecule has 1 heterocycles. The maximum absolute atomic E-state index is 12.8. The molecule has 0 aromatic heterocycles. The molecular weight excluding hydrogens is 188 g/mol. The van der Waals surface area contributed by atoms with Gasteiger partial charge in [-0.05, 0) is 12.8 Å². The number of alkyl halides is 4. The molecule has 0 radical (unpaired) electrons. The zero-order chi connectivity index (χ0) is 9.69. The lowest BCUT2D eigenvalue weighted by molar-refractivity contribution is -0.341. The quantitative estimate of drug-likeness (QED) is 0.427. The topological polar surface area (TPSA) is 9.23 Å². The maximum atomic E-state index is 12.8. The molecule has 0 spiro atoms. The fourth-order valence-electron chi connectivity index (χ4n) is 1.89. The third-order valence-corrected chi connectivity index (χ3v) is 2.57. The highest BCUT2D eigenvalue weighted by molar-refractivity contribution is 5.02. The van der Waals surface area contributed by atoms with E-state index in [1.54, 1.807) is 0 Å². The second-order valence-corrected chi connectivity index (χ2v) is 3.38. The monoisotopic (exact) mass is 196 g/mol. The molecule has 1 fully saturated rings. The van der Waals surface area contributed by atoms with E-state index in [0.717, 1.165) is 0 Å². The van der Waals surface area contributed by atoms with Gasteiger partial charge in [0, 0.05) is 0 Å². The molecule has 2 atom stereocenters. The first-order valence-electron chi connectivity index (χ1n) is 4.04. The van der Waals surface area contributed by atoms with Gasteiger partial charge in [0.05, 0.1) is 11.8 Å². The van der Waals surface area contributed by atoms with Crippen LogP contribution in [0.2, 0.25) is 0 Å². The van der Waals surface area contributed by atoms with E-state index >= 15 is 0 Å². The largest absolute Gasteiger partial charge is 0.363 e. The Morgan fingerprint density at radius 1 is 0.923 bits per heavy atom. The number of hydrogen-bond donors (Lipinski definition) is 0. The third-order valence-electron chi connectivity index (χ3n) is 2.57. The van der Waals surface area contributed by atoms with Gasteiger partial charge in [-0.25, -0.2) is 0 Å². The maximum Gasteiger partial charge on any atom is 0.363 e. The van der Waals surface area contributed by atoms with Crippen molar-refractivity contribution >= 4 is 0 Å². The van der Waals surface area contributed by atoms with Crippen LogP contribution in [0.25, 0.3) is 0 Å². The molecule has 5 heteroatoms. The summed E-state index contributed by atoms with van der Waals surface area (Å²) in [5, 5.41) is 0. The number of allylic oxidation sites excluding steroid dienone is 2. The number of fused-ring (bicyclic) bond motifs is 1. The van der Waals surface area contributed by atoms with Gasteiger partial charge in [0.25, 0.3) is 0 Å². The molecule has 1 aliphatic heterocycles. The average molecular weight is 196 g/mol. The van der Waals surface area contributed by atoms with Gasteiger partial charge in [-0.3, -0.25) is 4.74 Å². The van der Waals surface area contributed by atoms with E-state index < -0.39 is 24.1 Å². The number of ether oxygens (including phenoxy) is 1. The number of rotatable bonds is 0. The molecule has 1 nitrogen and oxygen atoms in total. The lowest BCUT2D eigenvalue weighted by Gasteiger charge is -2.22. The van der Waals surface area contributed by atoms with E-state index in [4.69, 9.17) is 0 Å². The van der Waals surface area contributed by atoms with Gasteiger partial charge in [0.2, 0.25) is 0 Å². The van der Waals surface area contributed by atoms with Gasteiger partial charge >= 0.3 is 12.2 Å². The molecular formula is C8H8F4O.